The van der Waals surface area contributed by atoms with Crippen LogP contribution in [0.15, 0.2) is 22.7 Å². The van der Waals surface area contributed by atoms with Gasteiger partial charge in [0.1, 0.15) is 5.82 Å². The van der Waals surface area contributed by atoms with Crippen LogP contribution >= 0.6 is 15.9 Å². The van der Waals surface area contributed by atoms with Gasteiger partial charge in [0.2, 0.25) is 0 Å². The predicted octanol–water partition coefficient (Wildman–Crippen LogP) is 4.53. The van der Waals surface area contributed by atoms with E-state index >= 15 is 0 Å². The summed E-state index contributed by atoms with van der Waals surface area (Å²) in [7, 11) is 4.39. The van der Waals surface area contributed by atoms with E-state index in [0.29, 0.717) is 12.6 Å². The monoisotopic (exact) mass is 382 g/mol. The van der Waals surface area contributed by atoms with Gasteiger partial charge in [0.05, 0.1) is 0 Å². The number of likely N-dealkylation sites (tertiary alicyclic amines) is 1. The minimum absolute atomic E-state index is 0.0955. The molecular weight excluding hydrogens is 355 g/mol. The van der Waals surface area contributed by atoms with Crippen LogP contribution in [0.5, 0.6) is 0 Å². The molecule has 2 nitrogen and oxygen atoms in total. The molecule has 1 aliphatic heterocycles. The Labute approximate surface area is 148 Å². The lowest BCUT2D eigenvalue weighted by atomic mass is 9.77. The quantitative estimate of drug-likeness (QED) is 0.754. The molecule has 1 aliphatic carbocycles. The fourth-order valence-corrected chi connectivity index (χ4v) is 4.97. The predicted molar refractivity (Wildman–Crippen MR) is 96.9 cm³/mol. The first-order chi connectivity index (χ1) is 11.1. The van der Waals surface area contributed by atoms with Crippen LogP contribution < -0.4 is 0 Å². The van der Waals surface area contributed by atoms with Gasteiger partial charge in [0.15, 0.2) is 0 Å². The van der Waals surface area contributed by atoms with Crippen molar-refractivity contribution in [1.29, 1.82) is 0 Å². The first-order valence-corrected chi connectivity index (χ1v) is 9.67. The van der Waals surface area contributed by atoms with Crippen molar-refractivity contribution in [1.82, 2.24) is 9.80 Å². The summed E-state index contributed by atoms with van der Waals surface area (Å²) in [6.07, 6.45) is 6.95. The lowest BCUT2D eigenvalue weighted by molar-refractivity contribution is 0.167. The summed E-state index contributed by atoms with van der Waals surface area (Å²) in [5.41, 5.74) is 0.800. The van der Waals surface area contributed by atoms with E-state index in [1.54, 1.807) is 12.1 Å². The van der Waals surface area contributed by atoms with Crippen molar-refractivity contribution in [2.75, 3.05) is 27.2 Å². The van der Waals surface area contributed by atoms with Crippen LogP contribution in [0, 0.1) is 17.7 Å². The highest BCUT2D eigenvalue weighted by Gasteiger charge is 2.39. The van der Waals surface area contributed by atoms with Crippen LogP contribution in [-0.2, 0) is 6.54 Å². The number of nitrogens with zero attached hydrogens (tertiary/aromatic N) is 2. The van der Waals surface area contributed by atoms with Gasteiger partial charge in [-0.1, -0.05) is 54.1 Å². The summed E-state index contributed by atoms with van der Waals surface area (Å²) in [5.74, 6) is 1.49. The van der Waals surface area contributed by atoms with Crippen LogP contribution in [0.1, 0.15) is 37.7 Å². The van der Waals surface area contributed by atoms with E-state index in [2.05, 4.69) is 39.8 Å². The molecule has 1 saturated carbocycles. The standard InChI is InChI=1S/C19H28BrFN2/c1-22(2)19-13-23(11-15(19)14-7-4-3-5-8-14)12-16-17(20)9-6-10-18(16)21/h6,9-10,14-15,19H,3-5,7-8,11-13H2,1-2H3/t15-,19+/m1/s1. The Bertz CT molecular complexity index is 508. The Balaban J connectivity index is 1.72. The lowest BCUT2D eigenvalue weighted by Crippen LogP contribution is -2.38. The normalized spacial score (nSPS) is 27.0. The maximum absolute atomic E-state index is 14.1. The molecule has 2 fully saturated rings. The van der Waals surface area contributed by atoms with Gasteiger partial charge in [0, 0.05) is 35.7 Å². The molecule has 0 aromatic heterocycles. The van der Waals surface area contributed by atoms with Gasteiger partial charge in [-0.15, -0.1) is 0 Å². The van der Waals surface area contributed by atoms with Crippen LogP contribution in [0.2, 0.25) is 0 Å². The zero-order valence-electron chi connectivity index (χ0n) is 14.3. The maximum Gasteiger partial charge on any atom is 0.128 e. The molecule has 1 saturated heterocycles. The van der Waals surface area contributed by atoms with E-state index in [4.69, 9.17) is 0 Å². The molecule has 128 valence electrons. The zero-order valence-corrected chi connectivity index (χ0v) is 15.9. The lowest BCUT2D eigenvalue weighted by Gasteiger charge is -2.33. The molecule has 0 unspecified atom stereocenters. The van der Waals surface area contributed by atoms with Crippen molar-refractivity contribution in [3.8, 4) is 0 Å². The Morgan fingerprint density at radius 2 is 1.91 bits per heavy atom. The molecule has 0 amide bonds. The van der Waals surface area contributed by atoms with Gasteiger partial charge in [0.25, 0.3) is 0 Å². The van der Waals surface area contributed by atoms with E-state index in [1.807, 2.05) is 6.07 Å². The Kier molecular flexibility index (Phi) is 5.76. The molecule has 1 heterocycles. The molecule has 0 N–H and O–H groups in total. The third-order valence-electron chi connectivity index (χ3n) is 5.77. The third kappa shape index (κ3) is 3.97. The minimum Gasteiger partial charge on any atom is -0.305 e. The Hall–Kier alpha value is -0.450. The molecule has 3 rings (SSSR count). The molecule has 1 aromatic carbocycles. The van der Waals surface area contributed by atoms with Crippen molar-refractivity contribution >= 4 is 15.9 Å². The summed E-state index contributed by atoms with van der Waals surface area (Å²) >= 11 is 3.51. The minimum atomic E-state index is -0.0955. The summed E-state index contributed by atoms with van der Waals surface area (Å²) in [4.78, 5) is 4.84. The second-order valence-electron chi connectivity index (χ2n) is 7.49. The smallest absolute Gasteiger partial charge is 0.128 e. The summed E-state index contributed by atoms with van der Waals surface area (Å²) in [5, 5.41) is 0. The molecule has 0 radical (unpaired) electrons. The number of hydrogen-bond acceptors (Lipinski definition) is 2. The van der Waals surface area contributed by atoms with Gasteiger partial charge >= 0.3 is 0 Å². The van der Waals surface area contributed by atoms with Gasteiger partial charge in [-0.25, -0.2) is 4.39 Å². The van der Waals surface area contributed by atoms with Gasteiger partial charge in [-0.3, -0.25) is 4.90 Å². The number of likely N-dealkylation sites (N-methyl/N-ethyl adjacent to an activating group) is 1. The fourth-order valence-electron chi connectivity index (χ4n) is 4.50. The molecule has 23 heavy (non-hydrogen) atoms. The fraction of sp³-hybridized carbons (Fsp3) is 0.684. The second-order valence-corrected chi connectivity index (χ2v) is 8.34. The molecule has 2 aliphatic rings. The average molecular weight is 383 g/mol. The highest BCUT2D eigenvalue weighted by atomic mass is 79.9. The highest BCUT2D eigenvalue weighted by molar-refractivity contribution is 9.10. The zero-order chi connectivity index (χ0) is 16.4. The van der Waals surface area contributed by atoms with Crippen molar-refractivity contribution < 1.29 is 4.39 Å². The number of benzene rings is 1. The number of rotatable bonds is 4. The van der Waals surface area contributed by atoms with Crippen LogP contribution in [0.3, 0.4) is 0 Å². The highest BCUT2D eigenvalue weighted by Crippen LogP contribution is 2.37. The van der Waals surface area contributed by atoms with Crippen LogP contribution in [0.25, 0.3) is 0 Å². The largest absolute Gasteiger partial charge is 0.305 e. The Morgan fingerprint density at radius 1 is 1.17 bits per heavy atom. The molecule has 2 atom stereocenters. The number of hydrogen-bond donors (Lipinski definition) is 0. The maximum atomic E-state index is 14.1. The van der Waals surface area contributed by atoms with E-state index in [1.165, 1.54) is 32.1 Å². The van der Waals surface area contributed by atoms with Crippen LogP contribution in [-0.4, -0.2) is 43.0 Å². The van der Waals surface area contributed by atoms with Gasteiger partial charge in [-0.05, 0) is 38.1 Å². The average Bonchev–Trinajstić information content (AvgIpc) is 2.96. The molecule has 4 heteroatoms. The van der Waals surface area contributed by atoms with E-state index in [-0.39, 0.29) is 5.82 Å². The first-order valence-electron chi connectivity index (χ1n) is 8.88. The molecule has 1 aromatic rings. The first kappa shape index (κ1) is 17.4. The third-order valence-corrected chi connectivity index (χ3v) is 6.51. The molecule has 0 spiro atoms. The van der Waals surface area contributed by atoms with Crippen molar-refractivity contribution in [2.24, 2.45) is 11.8 Å². The van der Waals surface area contributed by atoms with E-state index < -0.39 is 0 Å². The number of halogens is 2. The SMILES string of the molecule is CN(C)[C@H]1CN(Cc2c(F)cccc2Br)C[C@@H]1C1CCCCC1. The topological polar surface area (TPSA) is 6.48 Å². The molecule has 0 bridgehead atoms. The van der Waals surface area contributed by atoms with Crippen LogP contribution in [0.4, 0.5) is 4.39 Å². The molecular formula is C19H28BrFN2. The summed E-state index contributed by atoms with van der Waals surface area (Å²) in [6, 6.07) is 5.87. The van der Waals surface area contributed by atoms with E-state index in [0.717, 1.165) is 35.0 Å². The second kappa shape index (κ2) is 7.62. The van der Waals surface area contributed by atoms with Gasteiger partial charge < -0.3 is 4.90 Å². The van der Waals surface area contributed by atoms with Gasteiger partial charge in [-0.2, -0.15) is 0 Å². The van der Waals surface area contributed by atoms with Crippen molar-refractivity contribution in [3.63, 3.8) is 0 Å². The van der Waals surface area contributed by atoms with Crippen molar-refractivity contribution in [2.45, 2.75) is 44.7 Å². The summed E-state index contributed by atoms with van der Waals surface area (Å²) < 4.78 is 15.0. The van der Waals surface area contributed by atoms with E-state index in [9.17, 15) is 4.39 Å². The van der Waals surface area contributed by atoms with Crippen molar-refractivity contribution in [3.05, 3.63) is 34.1 Å². The summed E-state index contributed by atoms with van der Waals surface area (Å²) in [6.45, 7) is 2.87. The Morgan fingerprint density at radius 3 is 2.57 bits per heavy atom.